The minimum absolute atomic E-state index is 0. The van der Waals surface area contributed by atoms with Crippen LogP contribution in [0.25, 0.3) is 22.6 Å². The Labute approximate surface area is 202 Å². The monoisotopic (exact) mass is 478 g/mol. The van der Waals surface area contributed by atoms with Crippen molar-refractivity contribution in [3.05, 3.63) is 44.1 Å². The van der Waals surface area contributed by atoms with E-state index in [2.05, 4.69) is 14.5 Å². The Balaban J connectivity index is 0.00000363. The number of aliphatic hydroxyl groups excluding tert-OH is 3. The van der Waals surface area contributed by atoms with Gasteiger partial charge in [-0.1, -0.05) is 0 Å². The van der Waals surface area contributed by atoms with Crippen molar-refractivity contribution in [3.63, 3.8) is 0 Å². The molecule has 3 rings (SSSR count). The quantitative estimate of drug-likeness (QED) is 0.123. The van der Waals surface area contributed by atoms with Gasteiger partial charge in [0.2, 0.25) is 0 Å². The first-order valence-corrected chi connectivity index (χ1v) is 10.5. The average Bonchev–Trinajstić information content (AvgIpc) is 2.67. The van der Waals surface area contributed by atoms with Crippen LogP contribution in [0.5, 0.6) is 0 Å². The first kappa shape index (κ1) is 26.7. The van der Waals surface area contributed by atoms with Gasteiger partial charge in [0.15, 0.2) is 11.5 Å². The van der Waals surface area contributed by atoms with Crippen molar-refractivity contribution in [3.8, 4) is 11.5 Å². The van der Waals surface area contributed by atoms with Crippen LogP contribution in [0.15, 0.2) is 21.7 Å². The molecule has 4 atom stereocenters. The van der Waals surface area contributed by atoms with E-state index in [0.717, 1.165) is 11.1 Å². The van der Waals surface area contributed by atoms with Crippen LogP contribution in [0.1, 0.15) is 11.1 Å². The van der Waals surface area contributed by atoms with E-state index in [4.69, 9.17) is 10.00 Å². The predicted octanol–water partition coefficient (Wildman–Crippen LogP) is -5.23. The van der Waals surface area contributed by atoms with Crippen molar-refractivity contribution in [2.45, 2.75) is 38.7 Å². The van der Waals surface area contributed by atoms with Crippen molar-refractivity contribution >= 4 is 18.9 Å². The molecule has 0 aromatic heterocycles. The fraction of sp³-hybridized carbons (Fsp3) is 0.412. The maximum Gasteiger partial charge on any atom is 1.00 e. The molecule has 0 spiro atoms. The third-order valence-corrected chi connectivity index (χ3v) is 5.35. The fourth-order valence-corrected chi connectivity index (χ4v) is 3.68. The molecule has 0 saturated carbocycles. The summed E-state index contributed by atoms with van der Waals surface area (Å²) in [4.78, 5) is 54.6. The number of benzene rings is 1. The molecule has 0 saturated heterocycles. The molecule has 15 heteroatoms. The van der Waals surface area contributed by atoms with Crippen LogP contribution in [0, 0.1) is 13.8 Å². The Morgan fingerprint density at radius 1 is 1.22 bits per heavy atom. The molecule has 0 amide bonds. The summed E-state index contributed by atoms with van der Waals surface area (Å²) >= 11 is 0. The normalized spacial score (nSPS) is 16.3. The van der Waals surface area contributed by atoms with E-state index in [0.29, 0.717) is 11.0 Å². The zero-order chi connectivity index (χ0) is 23.1. The summed E-state index contributed by atoms with van der Waals surface area (Å²) in [6, 6.07) is 3.30. The molecule has 5 N–H and O–H groups in total. The summed E-state index contributed by atoms with van der Waals surface area (Å²) in [6.45, 7) is 2.07. The number of hydrogen-bond donors (Lipinski definition) is 5. The number of aliphatic hydroxyl groups is 3. The second-order valence-corrected chi connectivity index (χ2v) is 8.19. The van der Waals surface area contributed by atoms with E-state index in [1.54, 1.807) is 26.0 Å². The van der Waals surface area contributed by atoms with Crippen LogP contribution in [0.2, 0.25) is 0 Å². The third kappa shape index (κ3) is 5.69. The molecule has 32 heavy (non-hydrogen) atoms. The molecule has 13 nitrogen and oxygen atoms in total. The Morgan fingerprint density at radius 2 is 1.84 bits per heavy atom. The molecule has 0 fully saturated rings. The smallest absolute Gasteiger partial charge is 0.756 e. The summed E-state index contributed by atoms with van der Waals surface area (Å²) in [5.74, 6) is -0.234. The molecule has 168 valence electrons. The maximum atomic E-state index is 12.3. The standard InChI is InChI=1S/C17H21N4O9P.Na/c1-7-3-9-10(4-8(7)2)21(15-13(18-9)16(25)20-17(26)19-15)5-12(30-31(27,28)29)14(24)11(23)6-22;/h3-4,11-12,14,22-24H,5-6H2,1-2H3,(H,20,25,26)(H2,27,28,29);/q;+1/p-1/t11-,12+,14-;/m0./s1. The van der Waals surface area contributed by atoms with Gasteiger partial charge >= 0.3 is 35.2 Å². The minimum atomic E-state index is -5.40. The van der Waals surface area contributed by atoms with Crippen LogP contribution < -0.4 is 45.7 Å². The molecule has 2 aliphatic rings. The summed E-state index contributed by atoms with van der Waals surface area (Å²) < 4.78 is 17.1. The van der Waals surface area contributed by atoms with Gasteiger partial charge < -0.3 is 34.2 Å². The Morgan fingerprint density at radius 3 is 2.44 bits per heavy atom. The van der Waals surface area contributed by atoms with Crippen LogP contribution >= 0.6 is 7.82 Å². The van der Waals surface area contributed by atoms with Gasteiger partial charge in [0.25, 0.3) is 13.4 Å². The van der Waals surface area contributed by atoms with Crippen molar-refractivity contribution < 1.29 is 63.8 Å². The third-order valence-electron chi connectivity index (χ3n) is 4.82. The van der Waals surface area contributed by atoms with Crippen LogP contribution in [-0.4, -0.2) is 64.7 Å². The van der Waals surface area contributed by atoms with Crippen molar-refractivity contribution in [1.29, 1.82) is 0 Å². The molecule has 0 radical (unpaired) electrons. The second-order valence-electron chi connectivity index (χ2n) is 7.04. The van der Waals surface area contributed by atoms with E-state index in [1.807, 2.05) is 4.98 Å². The number of nitrogens with one attached hydrogen (secondary N) is 1. The van der Waals surface area contributed by atoms with Gasteiger partial charge in [-0.2, -0.15) is 4.98 Å². The number of rotatable bonds is 7. The topological polar surface area (TPSA) is 211 Å². The van der Waals surface area contributed by atoms with E-state index >= 15 is 0 Å². The molecular formula is C17H20N4NaO9P. The average molecular weight is 478 g/mol. The van der Waals surface area contributed by atoms with E-state index < -0.39 is 50.5 Å². The Hall–Kier alpha value is -1.51. The first-order valence-electron chi connectivity index (χ1n) is 9.02. The SMILES string of the molecule is Cc1cc2nc3c(=O)[nH]c(=O)nc-3n(C[C@@H](OP(=O)([O-])O)[C@@H](O)[C@@H](O)CO)c2cc1C.[Na+]. The molecule has 1 aromatic rings. The van der Waals surface area contributed by atoms with E-state index in [9.17, 15) is 29.3 Å². The number of aryl methyl sites for hydroxylation is 2. The molecule has 1 aromatic carbocycles. The summed E-state index contributed by atoms with van der Waals surface area (Å²) in [7, 11) is -5.40. The molecule has 2 aliphatic heterocycles. The minimum Gasteiger partial charge on any atom is -0.756 e. The summed E-state index contributed by atoms with van der Waals surface area (Å²) in [6.07, 6.45) is -5.59. The number of hydrogen-bond acceptors (Lipinski definition) is 10. The number of phosphoric ester groups is 1. The first-order chi connectivity index (χ1) is 14.4. The van der Waals surface area contributed by atoms with Crippen LogP contribution in [0.3, 0.4) is 0 Å². The number of H-pyrrole nitrogens is 1. The van der Waals surface area contributed by atoms with Crippen molar-refractivity contribution in [1.82, 2.24) is 19.5 Å². The summed E-state index contributed by atoms with van der Waals surface area (Å²) in [5, 5.41) is 29.2. The number of aromatic nitrogens is 4. The van der Waals surface area contributed by atoms with Crippen LogP contribution in [-0.2, 0) is 15.6 Å². The number of aromatic amines is 1. The van der Waals surface area contributed by atoms with Gasteiger partial charge in [-0.3, -0.25) is 14.3 Å². The number of fused-ring (bicyclic) bond motifs is 2. The van der Waals surface area contributed by atoms with Gasteiger partial charge in [0, 0.05) is 0 Å². The largest absolute Gasteiger partial charge is 1.00 e. The maximum absolute atomic E-state index is 12.3. The zero-order valence-electron chi connectivity index (χ0n) is 17.4. The number of nitrogens with zero attached hydrogens (tertiary/aromatic N) is 3. The Kier molecular flexibility index (Phi) is 8.51. The molecule has 0 aliphatic carbocycles. The summed E-state index contributed by atoms with van der Waals surface area (Å²) in [5.41, 5.74) is 0.173. The molecule has 2 heterocycles. The van der Waals surface area contributed by atoms with Gasteiger partial charge in [0.1, 0.15) is 18.3 Å². The van der Waals surface area contributed by atoms with Crippen molar-refractivity contribution in [2.24, 2.45) is 0 Å². The van der Waals surface area contributed by atoms with Gasteiger partial charge in [-0.05, 0) is 37.1 Å². The fourth-order valence-electron chi connectivity index (χ4n) is 3.15. The van der Waals surface area contributed by atoms with E-state index in [1.165, 1.54) is 4.57 Å². The molecule has 1 unspecified atom stereocenters. The van der Waals surface area contributed by atoms with Gasteiger partial charge in [-0.15, -0.1) is 0 Å². The zero-order valence-corrected chi connectivity index (χ0v) is 20.3. The van der Waals surface area contributed by atoms with Gasteiger partial charge in [-0.25, -0.2) is 9.78 Å². The number of phosphoric acid groups is 1. The molecule has 0 bridgehead atoms. The predicted molar refractivity (Wildman–Crippen MR) is 104 cm³/mol. The van der Waals surface area contributed by atoms with E-state index in [-0.39, 0.29) is 41.1 Å². The second kappa shape index (κ2) is 10.2. The van der Waals surface area contributed by atoms with Crippen molar-refractivity contribution in [2.75, 3.05) is 6.61 Å². The van der Waals surface area contributed by atoms with Crippen LogP contribution in [0.4, 0.5) is 0 Å². The molecular weight excluding hydrogens is 458 g/mol. The van der Waals surface area contributed by atoms with Gasteiger partial charge in [0.05, 0.1) is 24.2 Å². The Bertz CT molecular complexity index is 1260.